The Morgan fingerprint density at radius 3 is 2.05 bits per heavy atom. The number of halogens is 2. The molecule has 3 aromatic carbocycles. The summed E-state index contributed by atoms with van der Waals surface area (Å²) in [6.07, 6.45) is 12.6. The maximum Gasteiger partial charge on any atom is 0.243 e. The highest BCUT2D eigenvalue weighted by molar-refractivity contribution is 7.13. The number of hydrogen-bond donors (Lipinski definition) is 3. The van der Waals surface area contributed by atoms with E-state index in [4.69, 9.17) is 46.9 Å². The molecule has 2 aromatic heterocycles. The fourth-order valence-corrected chi connectivity index (χ4v) is 12.3. The number of benzene rings is 3. The zero-order chi connectivity index (χ0) is 60.7. The molecule has 462 valence electrons. The highest BCUT2D eigenvalue weighted by Crippen LogP contribution is 2.41. The van der Waals surface area contributed by atoms with E-state index < -0.39 is 23.5 Å². The van der Waals surface area contributed by atoms with Crippen molar-refractivity contribution in [2.45, 2.75) is 136 Å². The number of Topliss-reactive ketones (excluding diaryl/α,β-unsaturated/α-hetero) is 1. The van der Waals surface area contributed by atoms with E-state index in [0.29, 0.717) is 81.3 Å². The Bertz CT molecular complexity index is 2980. The molecule has 0 spiro atoms. The maximum atomic E-state index is 14.1. The highest BCUT2D eigenvalue weighted by atomic mass is 35.5. The molecule has 0 radical (unpaired) electrons. The number of hydrogen-bond acceptors (Lipinski definition) is 16. The van der Waals surface area contributed by atoms with Crippen LogP contribution in [0.15, 0.2) is 60.2 Å². The lowest BCUT2D eigenvalue weighted by molar-refractivity contribution is -0.146. The number of ether oxygens (including phenoxy) is 5. The quantitative estimate of drug-likeness (QED) is 0.0323. The summed E-state index contributed by atoms with van der Waals surface area (Å²) in [6.45, 7) is 18.1. The van der Waals surface area contributed by atoms with Crippen LogP contribution in [0.3, 0.4) is 0 Å². The number of anilines is 2. The molecule has 0 saturated carbocycles. The fraction of sp³-hybridized carbons (Fsp3) is 0.569. The van der Waals surface area contributed by atoms with Crippen LogP contribution in [-0.2, 0) is 30.4 Å². The second kappa shape index (κ2) is 34.1. The molecule has 0 aliphatic carbocycles. The molecule has 2 amide bonds. The number of β-amino-alcohol motifs (C(OH)–C–C–N with tert-alkyl or cyclic N) is 1. The van der Waals surface area contributed by atoms with Gasteiger partial charge in [-0.25, -0.2) is 4.98 Å². The van der Waals surface area contributed by atoms with Crippen molar-refractivity contribution in [3.05, 3.63) is 87.1 Å². The number of pyridine rings is 1. The van der Waals surface area contributed by atoms with Gasteiger partial charge in [0.2, 0.25) is 11.8 Å². The number of aliphatic hydroxyl groups excluding tert-OH is 1. The van der Waals surface area contributed by atoms with Gasteiger partial charge in [0.15, 0.2) is 11.5 Å². The number of methoxy groups -OCH3 is 2. The number of rotatable bonds is 35. The van der Waals surface area contributed by atoms with Gasteiger partial charge < -0.3 is 54.1 Å². The number of nitrogens with one attached hydrogen (secondary N) is 2. The molecule has 3 atom stereocenters. The molecule has 5 aromatic rings. The Kier molecular flexibility index (Phi) is 26.8. The van der Waals surface area contributed by atoms with E-state index >= 15 is 0 Å². The van der Waals surface area contributed by atoms with Gasteiger partial charge >= 0.3 is 0 Å². The lowest BCUT2D eigenvalue weighted by atomic mass is 9.76. The first-order valence-corrected chi connectivity index (χ1v) is 31.9. The van der Waals surface area contributed by atoms with Crippen molar-refractivity contribution in [2.75, 3.05) is 98.4 Å². The number of unbranched alkanes of at least 4 members (excludes halogenated alkanes) is 7. The first-order chi connectivity index (χ1) is 41.1. The van der Waals surface area contributed by atoms with Crippen molar-refractivity contribution in [1.29, 1.82) is 5.26 Å². The van der Waals surface area contributed by atoms with E-state index in [0.717, 1.165) is 132 Å². The van der Waals surface area contributed by atoms with Gasteiger partial charge in [-0.3, -0.25) is 19.4 Å². The van der Waals surface area contributed by atoms with Crippen molar-refractivity contribution in [3.8, 4) is 33.8 Å². The number of thiazole rings is 1. The van der Waals surface area contributed by atoms with Gasteiger partial charge in [-0.2, -0.15) is 5.26 Å². The standard InChI is InChI=1S/C65H88Cl2N8O9S/c1-45-62(85-44-71-45)47-21-19-46(20-22-47)41-70-63(78)57-35-50(77)43-75(57)64(79)52(65(2,3)4)34-49(76)18-11-9-14-30-83-32-16-10-15-31-82-29-13-8-7-12-23-73-25-27-74(28-26-73)24-17-33-84-60-38-55-51(36-59(60)81-6)61(48(40-68)42-69-55)72-56-39-58(80-5)54(67)37-53(56)66/h19-22,36-39,42,44,50,52,57,77H,7-18,23-35,41,43H2,1-6H3,(H,69,72)(H,70,78)/t50-,52-,57+/m1/s1. The first kappa shape index (κ1) is 66.9. The van der Waals surface area contributed by atoms with Crippen LogP contribution < -0.4 is 24.8 Å². The summed E-state index contributed by atoms with van der Waals surface area (Å²) in [4.78, 5) is 57.4. The first-order valence-electron chi connectivity index (χ1n) is 30.3. The molecule has 2 aliphatic heterocycles. The predicted molar refractivity (Wildman–Crippen MR) is 338 cm³/mol. The third kappa shape index (κ3) is 20.2. The van der Waals surface area contributed by atoms with Gasteiger partial charge in [0, 0.05) is 121 Å². The second-order valence-electron chi connectivity index (χ2n) is 23.4. The molecule has 0 unspecified atom stereocenters. The van der Waals surface area contributed by atoms with E-state index in [-0.39, 0.29) is 37.0 Å². The van der Waals surface area contributed by atoms with Crippen LogP contribution in [0.1, 0.15) is 127 Å². The number of aryl methyl sites for hydroxylation is 1. The molecule has 3 N–H and O–H groups in total. The molecule has 7 rings (SSSR count). The van der Waals surface area contributed by atoms with Crippen molar-refractivity contribution in [1.82, 2.24) is 30.0 Å². The number of nitriles is 1. The van der Waals surface area contributed by atoms with Crippen LogP contribution in [0, 0.1) is 29.6 Å². The van der Waals surface area contributed by atoms with Crippen LogP contribution >= 0.6 is 34.5 Å². The number of piperazine rings is 1. The zero-order valence-corrected chi connectivity index (χ0v) is 53.0. The summed E-state index contributed by atoms with van der Waals surface area (Å²) < 4.78 is 29.2. The van der Waals surface area contributed by atoms with Crippen LogP contribution in [0.4, 0.5) is 11.4 Å². The Morgan fingerprint density at radius 1 is 0.788 bits per heavy atom. The monoisotopic (exact) mass is 1230 g/mol. The van der Waals surface area contributed by atoms with Crippen molar-refractivity contribution >= 4 is 74.4 Å². The minimum Gasteiger partial charge on any atom is -0.495 e. The number of carbonyl (C=O) groups is 3. The van der Waals surface area contributed by atoms with Gasteiger partial charge in [-0.15, -0.1) is 11.3 Å². The van der Waals surface area contributed by atoms with Crippen molar-refractivity contribution in [3.63, 3.8) is 0 Å². The number of fused-ring (bicyclic) bond motifs is 1. The number of nitrogens with zero attached hydrogens (tertiary/aromatic N) is 6. The predicted octanol–water partition coefficient (Wildman–Crippen LogP) is 12.2. The smallest absolute Gasteiger partial charge is 0.243 e. The summed E-state index contributed by atoms with van der Waals surface area (Å²) >= 11 is 14.4. The lowest BCUT2D eigenvalue weighted by Gasteiger charge is -2.34. The number of ketones is 1. The van der Waals surface area contributed by atoms with Crippen LogP contribution in [0.25, 0.3) is 21.3 Å². The molecule has 2 fully saturated rings. The van der Waals surface area contributed by atoms with E-state index in [1.165, 1.54) is 37.5 Å². The number of likely N-dealkylation sites (tertiary alicyclic amines) is 1. The SMILES string of the molecule is COc1cc(Nc2c(C#N)cnc3cc(OCCCN4CCN(CCCCCCOCCCCCOCCCCCC(=O)C[C@H](C(=O)N5C[C@H](O)C[C@H]5C(=O)NCc5ccc(-c6scnc6C)cc5)C(C)(C)C)CC4)c(OC)cc23)c(Cl)cc1Cl. The molecule has 2 saturated heterocycles. The summed E-state index contributed by atoms with van der Waals surface area (Å²) in [5.74, 6) is 0.467. The fourth-order valence-electron chi connectivity index (χ4n) is 11.0. The maximum absolute atomic E-state index is 14.1. The van der Waals surface area contributed by atoms with Gasteiger partial charge in [0.1, 0.15) is 23.6 Å². The molecule has 17 nitrogen and oxygen atoms in total. The van der Waals surface area contributed by atoms with Crippen LogP contribution in [-0.4, -0.2) is 153 Å². The van der Waals surface area contributed by atoms with Crippen LogP contribution in [0.2, 0.25) is 10.0 Å². The van der Waals surface area contributed by atoms with E-state index in [2.05, 4.69) is 36.5 Å². The van der Waals surface area contributed by atoms with E-state index in [9.17, 15) is 24.8 Å². The number of amides is 2. The Balaban J connectivity index is 0.660. The second-order valence-corrected chi connectivity index (χ2v) is 25.1. The minimum atomic E-state index is -0.804. The summed E-state index contributed by atoms with van der Waals surface area (Å²) in [7, 11) is 3.12. The van der Waals surface area contributed by atoms with Crippen molar-refractivity contribution in [2.24, 2.45) is 11.3 Å². The molecular weight excluding hydrogens is 1140 g/mol. The molecule has 0 bridgehead atoms. The Morgan fingerprint density at radius 2 is 1.42 bits per heavy atom. The van der Waals surface area contributed by atoms with Crippen LogP contribution in [0.5, 0.6) is 17.2 Å². The average molecular weight is 1230 g/mol. The number of aromatic nitrogens is 2. The number of aliphatic hydroxyl groups is 1. The topological polar surface area (TPSA) is 201 Å². The summed E-state index contributed by atoms with van der Waals surface area (Å²) in [5.41, 5.74) is 6.35. The Hall–Kier alpha value is -5.62. The van der Waals surface area contributed by atoms with E-state index in [1.807, 2.05) is 69.6 Å². The third-order valence-corrected chi connectivity index (χ3v) is 17.6. The normalized spacial score (nSPS) is 16.1. The Labute approximate surface area is 517 Å². The van der Waals surface area contributed by atoms with Gasteiger partial charge in [0.05, 0.1) is 75.5 Å². The lowest BCUT2D eigenvalue weighted by Crippen LogP contribution is -2.50. The van der Waals surface area contributed by atoms with Crippen molar-refractivity contribution < 1.29 is 43.2 Å². The third-order valence-electron chi connectivity index (χ3n) is 16.0. The van der Waals surface area contributed by atoms with Gasteiger partial charge in [-0.05, 0) is 93.5 Å². The zero-order valence-electron chi connectivity index (χ0n) is 50.7. The molecule has 4 heterocycles. The molecule has 2 aliphatic rings. The van der Waals surface area contributed by atoms with Gasteiger partial charge in [-0.1, -0.05) is 87.5 Å². The largest absolute Gasteiger partial charge is 0.495 e. The minimum absolute atomic E-state index is 0.0438. The molecule has 85 heavy (non-hydrogen) atoms. The molecule has 20 heteroatoms. The molecular formula is C65H88Cl2N8O9S. The highest BCUT2D eigenvalue weighted by Gasteiger charge is 2.44. The van der Waals surface area contributed by atoms with Gasteiger partial charge in [0.25, 0.3) is 0 Å². The average Bonchev–Trinajstić information content (AvgIpc) is 4.23. The summed E-state index contributed by atoms with van der Waals surface area (Å²) in [5, 5.41) is 28.3. The number of carbonyl (C=O) groups excluding carboxylic acids is 3. The van der Waals surface area contributed by atoms with E-state index in [1.54, 1.807) is 30.6 Å². The summed E-state index contributed by atoms with van der Waals surface area (Å²) in [6, 6.07) is 16.4.